The Kier molecular flexibility index (Phi) is 14.6. The van der Waals surface area contributed by atoms with Crippen LogP contribution < -0.4 is 0 Å². The SMILES string of the molecule is C[SiH](CCCCCCOC1CCCCO1)CCCCCCOC1CCCCO1. The zero-order valence-corrected chi connectivity index (χ0v) is 19.7. The second kappa shape index (κ2) is 16.8. The molecule has 0 aromatic carbocycles. The van der Waals surface area contributed by atoms with E-state index in [0.29, 0.717) is 0 Å². The number of unbranched alkanes of at least 4 members (excludes halogenated alkanes) is 6. The van der Waals surface area contributed by atoms with Crippen LogP contribution in [0.5, 0.6) is 0 Å². The van der Waals surface area contributed by atoms with E-state index in [1.807, 2.05) is 0 Å². The fraction of sp³-hybridized carbons (Fsp3) is 1.00. The van der Waals surface area contributed by atoms with Crippen LogP contribution in [0.1, 0.15) is 89.9 Å². The number of ether oxygens (including phenoxy) is 4. The predicted molar refractivity (Wildman–Crippen MR) is 119 cm³/mol. The lowest BCUT2D eigenvalue weighted by atomic mass is 10.2. The van der Waals surface area contributed by atoms with Crippen molar-refractivity contribution in [2.45, 2.75) is 121 Å². The van der Waals surface area contributed by atoms with Crippen LogP contribution in [-0.4, -0.2) is 47.8 Å². The molecule has 0 bridgehead atoms. The van der Waals surface area contributed by atoms with Crippen molar-refractivity contribution in [2.75, 3.05) is 26.4 Å². The van der Waals surface area contributed by atoms with Crippen LogP contribution in [-0.2, 0) is 18.9 Å². The molecule has 4 nitrogen and oxygen atoms in total. The summed E-state index contributed by atoms with van der Waals surface area (Å²) in [6.07, 6.45) is 17.9. The van der Waals surface area contributed by atoms with Gasteiger partial charge in [-0.1, -0.05) is 57.2 Å². The Balaban J connectivity index is 1.27. The molecule has 2 atom stereocenters. The molecule has 0 radical (unpaired) electrons. The highest BCUT2D eigenvalue weighted by atomic mass is 28.3. The van der Waals surface area contributed by atoms with Gasteiger partial charge in [-0.05, 0) is 51.4 Å². The third kappa shape index (κ3) is 12.6. The van der Waals surface area contributed by atoms with Crippen molar-refractivity contribution in [3.8, 4) is 0 Å². The molecule has 0 spiro atoms. The summed E-state index contributed by atoms with van der Waals surface area (Å²) >= 11 is 0. The first-order valence-corrected chi connectivity index (χ1v) is 15.1. The Hall–Kier alpha value is 0.0569. The average Bonchev–Trinajstić information content (AvgIpc) is 2.74. The van der Waals surface area contributed by atoms with Gasteiger partial charge in [0.15, 0.2) is 12.6 Å². The summed E-state index contributed by atoms with van der Waals surface area (Å²) < 4.78 is 22.8. The molecular formula is C23H46O4Si. The molecule has 2 heterocycles. The van der Waals surface area contributed by atoms with Crippen molar-refractivity contribution in [1.82, 2.24) is 0 Å². The minimum atomic E-state index is -0.469. The zero-order valence-electron chi connectivity index (χ0n) is 18.5. The first-order chi connectivity index (χ1) is 13.8. The quantitative estimate of drug-likeness (QED) is 0.227. The summed E-state index contributed by atoms with van der Waals surface area (Å²) in [6, 6.07) is 3.05. The fourth-order valence-electron chi connectivity index (χ4n) is 4.16. The minimum Gasteiger partial charge on any atom is -0.353 e. The van der Waals surface area contributed by atoms with Gasteiger partial charge in [0.25, 0.3) is 0 Å². The van der Waals surface area contributed by atoms with Gasteiger partial charge in [-0.2, -0.15) is 0 Å². The molecule has 5 heteroatoms. The second-order valence-electron chi connectivity index (χ2n) is 8.84. The summed E-state index contributed by atoms with van der Waals surface area (Å²) in [5, 5.41) is 0. The molecule has 2 rings (SSSR count). The third-order valence-corrected chi connectivity index (χ3v) is 8.85. The fourth-order valence-corrected chi connectivity index (χ4v) is 6.42. The maximum Gasteiger partial charge on any atom is 0.157 e. The van der Waals surface area contributed by atoms with Crippen molar-refractivity contribution >= 4 is 8.80 Å². The molecule has 0 N–H and O–H groups in total. The van der Waals surface area contributed by atoms with Crippen molar-refractivity contribution in [1.29, 1.82) is 0 Å². The Morgan fingerprint density at radius 3 is 1.54 bits per heavy atom. The van der Waals surface area contributed by atoms with Gasteiger partial charge in [-0.25, -0.2) is 0 Å². The van der Waals surface area contributed by atoms with Crippen LogP contribution in [0, 0.1) is 0 Å². The average molecular weight is 415 g/mol. The van der Waals surface area contributed by atoms with Crippen LogP contribution in [0.2, 0.25) is 18.6 Å². The third-order valence-electron chi connectivity index (χ3n) is 6.07. The molecule has 2 fully saturated rings. The van der Waals surface area contributed by atoms with Gasteiger partial charge in [0.05, 0.1) is 0 Å². The van der Waals surface area contributed by atoms with Gasteiger partial charge >= 0.3 is 0 Å². The Morgan fingerprint density at radius 1 is 0.643 bits per heavy atom. The van der Waals surface area contributed by atoms with Crippen LogP contribution in [0.3, 0.4) is 0 Å². The van der Waals surface area contributed by atoms with Gasteiger partial charge in [0.2, 0.25) is 0 Å². The monoisotopic (exact) mass is 414 g/mol. The smallest absolute Gasteiger partial charge is 0.157 e. The van der Waals surface area contributed by atoms with Crippen LogP contribution in [0.15, 0.2) is 0 Å². The van der Waals surface area contributed by atoms with E-state index < -0.39 is 8.80 Å². The molecule has 2 aliphatic rings. The first kappa shape index (κ1) is 24.3. The lowest BCUT2D eigenvalue weighted by molar-refractivity contribution is -0.163. The molecule has 0 aromatic rings. The zero-order chi connectivity index (χ0) is 19.7. The molecule has 2 aliphatic heterocycles. The summed E-state index contributed by atoms with van der Waals surface area (Å²) in [5.74, 6) is 0. The summed E-state index contributed by atoms with van der Waals surface area (Å²) in [4.78, 5) is 0. The minimum absolute atomic E-state index is 0.0911. The number of hydrogen-bond acceptors (Lipinski definition) is 4. The predicted octanol–water partition coefficient (Wildman–Crippen LogP) is 6.05. The van der Waals surface area contributed by atoms with E-state index in [1.165, 1.54) is 89.1 Å². The first-order valence-electron chi connectivity index (χ1n) is 12.3. The van der Waals surface area contributed by atoms with E-state index in [1.54, 1.807) is 0 Å². The highest BCUT2D eigenvalue weighted by Gasteiger charge is 2.14. The van der Waals surface area contributed by atoms with Crippen LogP contribution in [0.25, 0.3) is 0 Å². The van der Waals surface area contributed by atoms with E-state index in [4.69, 9.17) is 18.9 Å². The maximum absolute atomic E-state index is 5.81. The van der Waals surface area contributed by atoms with E-state index in [-0.39, 0.29) is 12.6 Å². The molecule has 166 valence electrons. The highest BCUT2D eigenvalue weighted by molar-refractivity contribution is 6.57. The topological polar surface area (TPSA) is 36.9 Å². The standard InChI is InChI=1S/C23H46O4Si/c1-28(20-12-4-2-8-16-24-22-14-6-10-18-26-22)21-13-5-3-9-17-25-23-15-7-11-19-27-23/h22-23,28H,2-21H2,1H3. The van der Waals surface area contributed by atoms with Gasteiger partial charge in [-0.15, -0.1) is 0 Å². The molecule has 0 saturated carbocycles. The van der Waals surface area contributed by atoms with Crippen molar-refractivity contribution < 1.29 is 18.9 Å². The Morgan fingerprint density at radius 2 is 1.11 bits per heavy atom. The van der Waals surface area contributed by atoms with Crippen molar-refractivity contribution in [3.63, 3.8) is 0 Å². The molecule has 0 aliphatic carbocycles. The molecule has 28 heavy (non-hydrogen) atoms. The summed E-state index contributed by atoms with van der Waals surface area (Å²) in [6.45, 7) is 6.10. The van der Waals surface area contributed by atoms with Gasteiger partial charge in [0.1, 0.15) is 0 Å². The molecule has 2 saturated heterocycles. The van der Waals surface area contributed by atoms with Crippen LogP contribution >= 0.6 is 0 Å². The van der Waals surface area contributed by atoms with E-state index in [2.05, 4.69) is 6.55 Å². The molecule has 2 unspecified atom stereocenters. The van der Waals surface area contributed by atoms with Gasteiger partial charge in [-0.3, -0.25) is 0 Å². The lowest BCUT2D eigenvalue weighted by Gasteiger charge is -2.22. The number of hydrogen-bond donors (Lipinski definition) is 0. The summed E-state index contributed by atoms with van der Waals surface area (Å²) in [7, 11) is -0.469. The van der Waals surface area contributed by atoms with E-state index >= 15 is 0 Å². The van der Waals surface area contributed by atoms with E-state index in [0.717, 1.165) is 39.3 Å². The summed E-state index contributed by atoms with van der Waals surface area (Å²) in [5.41, 5.74) is 0. The maximum atomic E-state index is 5.81. The van der Waals surface area contributed by atoms with E-state index in [9.17, 15) is 0 Å². The molecule has 0 amide bonds. The normalized spacial score (nSPS) is 24.3. The highest BCUT2D eigenvalue weighted by Crippen LogP contribution is 2.17. The Labute approximate surface area is 175 Å². The Bertz CT molecular complexity index is 311. The van der Waals surface area contributed by atoms with Crippen LogP contribution in [0.4, 0.5) is 0 Å². The van der Waals surface area contributed by atoms with Crippen molar-refractivity contribution in [3.05, 3.63) is 0 Å². The molecule has 0 aromatic heterocycles. The van der Waals surface area contributed by atoms with Gasteiger partial charge in [0, 0.05) is 35.2 Å². The number of rotatable bonds is 16. The van der Waals surface area contributed by atoms with Gasteiger partial charge < -0.3 is 18.9 Å². The van der Waals surface area contributed by atoms with Crippen molar-refractivity contribution in [2.24, 2.45) is 0 Å². The largest absolute Gasteiger partial charge is 0.353 e. The second-order valence-corrected chi connectivity index (χ2v) is 12.2. The lowest BCUT2D eigenvalue weighted by Crippen LogP contribution is -2.22. The molecular weight excluding hydrogens is 368 g/mol.